The van der Waals surface area contributed by atoms with Gasteiger partial charge in [-0.25, -0.2) is 4.98 Å². The predicted octanol–water partition coefficient (Wildman–Crippen LogP) is -0.00250. The third kappa shape index (κ3) is 3.18. The zero-order valence-corrected chi connectivity index (χ0v) is 11.5. The Morgan fingerprint density at radius 1 is 1.30 bits per heavy atom. The first-order valence-electron chi connectivity index (χ1n) is 6.39. The number of anilines is 2. The molecule has 9 nitrogen and oxygen atoms in total. The summed E-state index contributed by atoms with van der Waals surface area (Å²) < 4.78 is 1.38. The molecule has 0 amide bonds. The van der Waals surface area contributed by atoms with Gasteiger partial charge in [0.25, 0.3) is 5.95 Å². The molecule has 2 aromatic rings. The molecule has 0 aromatic carbocycles. The molecule has 4 N–H and O–H groups in total. The molecule has 0 atom stereocenters. The van der Waals surface area contributed by atoms with Crippen LogP contribution >= 0.6 is 0 Å². The molecule has 0 saturated carbocycles. The van der Waals surface area contributed by atoms with E-state index < -0.39 is 5.60 Å². The first kappa shape index (κ1) is 14.1. The van der Waals surface area contributed by atoms with Gasteiger partial charge in [0.05, 0.1) is 5.60 Å². The summed E-state index contributed by atoms with van der Waals surface area (Å²) in [4.78, 5) is 16.0. The number of hydrogen-bond acceptors (Lipinski definition) is 8. The predicted molar refractivity (Wildman–Crippen MR) is 73.2 cm³/mol. The lowest BCUT2D eigenvalue weighted by Gasteiger charge is -2.25. The Morgan fingerprint density at radius 2 is 2.05 bits per heavy atom. The van der Waals surface area contributed by atoms with Gasteiger partial charge in [0, 0.05) is 6.54 Å². The van der Waals surface area contributed by atoms with E-state index in [4.69, 9.17) is 5.73 Å². The third-order valence-electron chi connectivity index (χ3n) is 3.16. The minimum Gasteiger partial charge on any atom is -0.388 e. The Balaban J connectivity index is 2.17. The van der Waals surface area contributed by atoms with Gasteiger partial charge in [0.2, 0.25) is 11.9 Å². The van der Waals surface area contributed by atoms with Crippen molar-refractivity contribution < 1.29 is 5.11 Å². The molecular weight excluding hydrogens is 260 g/mol. The van der Waals surface area contributed by atoms with Gasteiger partial charge < -0.3 is 16.2 Å². The molecule has 0 radical (unpaired) electrons. The van der Waals surface area contributed by atoms with E-state index in [1.165, 1.54) is 17.3 Å². The molecule has 0 fully saturated rings. The quantitative estimate of drug-likeness (QED) is 0.673. The Hall–Kier alpha value is -2.29. The number of rotatable bonds is 6. The molecule has 20 heavy (non-hydrogen) atoms. The van der Waals surface area contributed by atoms with Crippen molar-refractivity contribution in [1.29, 1.82) is 0 Å². The molecular formula is C11H18N8O. The smallest absolute Gasteiger partial charge is 0.258 e. The maximum atomic E-state index is 10.2. The van der Waals surface area contributed by atoms with Crippen molar-refractivity contribution in [2.45, 2.75) is 32.3 Å². The minimum atomic E-state index is -0.797. The average Bonchev–Trinajstić information content (AvgIpc) is 2.98. The fourth-order valence-corrected chi connectivity index (χ4v) is 1.62. The second-order valence-corrected chi connectivity index (χ2v) is 4.44. The Bertz CT molecular complexity index is 552. The molecule has 108 valence electrons. The van der Waals surface area contributed by atoms with E-state index in [2.05, 4.69) is 30.4 Å². The van der Waals surface area contributed by atoms with Gasteiger partial charge >= 0.3 is 0 Å². The molecule has 2 aromatic heterocycles. The highest BCUT2D eigenvalue weighted by Crippen LogP contribution is 2.15. The van der Waals surface area contributed by atoms with Crippen molar-refractivity contribution in [3.8, 4) is 5.95 Å². The van der Waals surface area contributed by atoms with Crippen LogP contribution in [0.4, 0.5) is 11.9 Å². The van der Waals surface area contributed by atoms with E-state index in [1.807, 2.05) is 13.8 Å². The Morgan fingerprint density at radius 3 is 2.65 bits per heavy atom. The number of nitrogens with zero attached hydrogens (tertiary/aromatic N) is 6. The summed E-state index contributed by atoms with van der Waals surface area (Å²) in [6, 6.07) is 0. The molecule has 2 heterocycles. The van der Waals surface area contributed by atoms with Crippen molar-refractivity contribution in [2.24, 2.45) is 0 Å². The van der Waals surface area contributed by atoms with Gasteiger partial charge in [-0.2, -0.15) is 24.7 Å². The zero-order valence-electron chi connectivity index (χ0n) is 11.5. The summed E-state index contributed by atoms with van der Waals surface area (Å²) in [5, 5.41) is 17.1. The lowest BCUT2D eigenvalue weighted by atomic mass is 9.98. The highest BCUT2D eigenvalue weighted by Gasteiger charge is 2.22. The second kappa shape index (κ2) is 5.78. The van der Waals surface area contributed by atoms with Gasteiger partial charge in [0.1, 0.15) is 12.7 Å². The normalized spacial score (nSPS) is 11.6. The molecule has 0 saturated heterocycles. The van der Waals surface area contributed by atoms with E-state index in [0.717, 1.165) is 0 Å². The van der Waals surface area contributed by atoms with Crippen LogP contribution in [0, 0.1) is 0 Å². The van der Waals surface area contributed by atoms with Crippen LogP contribution in [0.15, 0.2) is 12.7 Å². The van der Waals surface area contributed by atoms with Crippen LogP contribution in [0.3, 0.4) is 0 Å². The highest BCUT2D eigenvalue weighted by molar-refractivity contribution is 5.34. The van der Waals surface area contributed by atoms with Crippen LogP contribution in [0.2, 0.25) is 0 Å². The van der Waals surface area contributed by atoms with Crippen molar-refractivity contribution in [1.82, 2.24) is 29.7 Å². The van der Waals surface area contributed by atoms with E-state index in [9.17, 15) is 5.11 Å². The summed E-state index contributed by atoms with van der Waals surface area (Å²) >= 11 is 0. The highest BCUT2D eigenvalue weighted by atomic mass is 16.3. The van der Waals surface area contributed by atoms with Gasteiger partial charge in [0.15, 0.2) is 0 Å². The summed E-state index contributed by atoms with van der Waals surface area (Å²) in [7, 11) is 0. The number of aromatic nitrogens is 6. The lowest BCUT2D eigenvalue weighted by molar-refractivity contribution is 0.0455. The summed E-state index contributed by atoms with van der Waals surface area (Å²) in [6.45, 7) is 4.18. The second-order valence-electron chi connectivity index (χ2n) is 4.44. The standard InChI is InChI=1S/C11H18N8O/c1-3-11(20,4-2)5-14-9-16-8(12)17-10(18-9)19-7-13-6-15-19/h6-7,20H,3-5H2,1-2H3,(H3,12,14,16,17,18). The first-order valence-corrected chi connectivity index (χ1v) is 6.39. The fourth-order valence-electron chi connectivity index (χ4n) is 1.62. The van der Waals surface area contributed by atoms with Gasteiger partial charge in [-0.3, -0.25) is 0 Å². The lowest BCUT2D eigenvalue weighted by Crippen LogP contribution is -2.36. The minimum absolute atomic E-state index is 0.0736. The van der Waals surface area contributed by atoms with Crippen LogP contribution in [0.25, 0.3) is 5.95 Å². The maximum Gasteiger partial charge on any atom is 0.258 e. The molecule has 0 aliphatic heterocycles. The number of nitrogens with one attached hydrogen (secondary N) is 1. The molecule has 9 heteroatoms. The van der Waals surface area contributed by atoms with Crippen molar-refractivity contribution in [3.63, 3.8) is 0 Å². The summed E-state index contributed by atoms with van der Waals surface area (Å²) in [5.41, 5.74) is 4.85. The number of nitrogen functional groups attached to an aromatic ring is 1. The largest absolute Gasteiger partial charge is 0.388 e. The third-order valence-corrected chi connectivity index (χ3v) is 3.16. The fraction of sp³-hybridized carbons (Fsp3) is 0.545. The topological polar surface area (TPSA) is 128 Å². The maximum absolute atomic E-state index is 10.2. The molecule has 0 bridgehead atoms. The van der Waals surface area contributed by atoms with E-state index in [0.29, 0.717) is 25.3 Å². The first-order chi connectivity index (χ1) is 9.56. The van der Waals surface area contributed by atoms with Crippen LogP contribution in [0.1, 0.15) is 26.7 Å². The Kier molecular flexibility index (Phi) is 4.08. The summed E-state index contributed by atoms with van der Waals surface area (Å²) in [5.74, 6) is 0.641. The Labute approximate surface area is 116 Å². The van der Waals surface area contributed by atoms with Gasteiger partial charge in [-0.05, 0) is 12.8 Å². The van der Waals surface area contributed by atoms with Crippen LogP contribution in [0.5, 0.6) is 0 Å². The van der Waals surface area contributed by atoms with Crippen molar-refractivity contribution in [3.05, 3.63) is 12.7 Å². The van der Waals surface area contributed by atoms with Gasteiger partial charge in [-0.15, -0.1) is 0 Å². The number of aliphatic hydroxyl groups is 1. The van der Waals surface area contributed by atoms with Crippen molar-refractivity contribution in [2.75, 3.05) is 17.6 Å². The molecule has 2 rings (SSSR count). The number of hydrogen-bond donors (Lipinski definition) is 3. The van der Waals surface area contributed by atoms with E-state index in [-0.39, 0.29) is 11.9 Å². The van der Waals surface area contributed by atoms with Crippen LogP contribution in [-0.4, -0.2) is 47.0 Å². The zero-order chi connectivity index (χ0) is 14.6. The van der Waals surface area contributed by atoms with Crippen molar-refractivity contribution >= 4 is 11.9 Å². The van der Waals surface area contributed by atoms with Gasteiger partial charge in [-0.1, -0.05) is 13.8 Å². The molecule has 0 unspecified atom stereocenters. The SMILES string of the molecule is CCC(O)(CC)CNc1nc(N)nc(-n2cncn2)n1. The van der Waals surface area contributed by atoms with Crippen LogP contribution in [-0.2, 0) is 0 Å². The van der Waals surface area contributed by atoms with E-state index in [1.54, 1.807) is 0 Å². The van der Waals surface area contributed by atoms with E-state index >= 15 is 0 Å². The molecule has 0 aliphatic carbocycles. The van der Waals surface area contributed by atoms with Crippen LogP contribution < -0.4 is 11.1 Å². The monoisotopic (exact) mass is 278 g/mol. The number of nitrogens with two attached hydrogens (primary N) is 1. The summed E-state index contributed by atoms with van der Waals surface area (Å²) in [6.07, 6.45) is 4.10. The molecule has 0 spiro atoms. The average molecular weight is 278 g/mol. The molecule has 0 aliphatic rings.